The van der Waals surface area contributed by atoms with Crippen LogP contribution in [0.2, 0.25) is 5.02 Å². The average Bonchev–Trinajstić information content (AvgIpc) is 2.65. The highest BCUT2D eigenvalue weighted by Gasteiger charge is 2.04. The van der Waals surface area contributed by atoms with Gasteiger partial charge in [-0.25, -0.2) is 0 Å². The van der Waals surface area contributed by atoms with Gasteiger partial charge < -0.3 is 16.0 Å². The maximum atomic E-state index is 11.9. The predicted molar refractivity (Wildman–Crippen MR) is 118 cm³/mol. The van der Waals surface area contributed by atoms with Crippen molar-refractivity contribution in [3.05, 3.63) is 70.7 Å². The lowest BCUT2D eigenvalue weighted by Gasteiger charge is -2.13. The van der Waals surface area contributed by atoms with E-state index in [0.29, 0.717) is 31.2 Å². The van der Waals surface area contributed by atoms with Gasteiger partial charge in [-0.05, 0) is 30.2 Å². The number of carbonyl (C=O) groups is 1. The van der Waals surface area contributed by atoms with E-state index in [-0.39, 0.29) is 29.9 Å². The van der Waals surface area contributed by atoms with Crippen LogP contribution in [0.3, 0.4) is 0 Å². The molecule has 2 aromatic carbocycles. The van der Waals surface area contributed by atoms with Crippen LogP contribution in [0, 0.1) is 0 Å². The molecular formula is C19H24ClIN4O. The van der Waals surface area contributed by atoms with E-state index in [2.05, 4.69) is 20.9 Å². The largest absolute Gasteiger partial charge is 0.356 e. The fourth-order valence-electron chi connectivity index (χ4n) is 2.23. The van der Waals surface area contributed by atoms with Gasteiger partial charge in [-0.15, -0.1) is 24.0 Å². The maximum absolute atomic E-state index is 11.9. The number of guanidine groups is 1. The molecule has 3 N–H and O–H groups in total. The molecule has 0 aliphatic rings. The number of amides is 1. The summed E-state index contributed by atoms with van der Waals surface area (Å²) in [5.41, 5.74) is 1.69. The summed E-state index contributed by atoms with van der Waals surface area (Å²) >= 11 is 6.14. The van der Waals surface area contributed by atoms with Crippen molar-refractivity contribution in [2.75, 3.05) is 20.1 Å². The lowest BCUT2D eigenvalue weighted by atomic mass is 10.2. The highest BCUT2D eigenvalue weighted by atomic mass is 127. The highest BCUT2D eigenvalue weighted by molar-refractivity contribution is 14.0. The highest BCUT2D eigenvalue weighted by Crippen LogP contribution is 2.14. The third-order valence-electron chi connectivity index (χ3n) is 3.60. The first-order valence-corrected chi connectivity index (χ1v) is 8.59. The number of benzene rings is 2. The van der Waals surface area contributed by atoms with Crippen molar-refractivity contribution >= 4 is 47.4 Å². The second kappa shape index (κ2) is 12.5. The van der Waals surface area contributed by atoms with Gasteiger partial charge >= 0.3 is 0 Å². The monoisotopic (exact) mass is 486 g/mol. The van der Waals surface area contributed by atoms with Crippen LogP contribution in [0.1, 0.15) is 22.3 Å². The van der Waals surface area contributed by atoms with Crippen molar-refractivity contribution in [1.29, 1.82) is 0 Å². The van der Waals surface area contributed by atoms with E-state index < -0.39 is 0 Å². The van der Waals surface area contributed by atoms with Crippen LogP contribution >= 0.6 is 35.6 Å². The first-order valence-electron chi connectivity index (χ1n) is 8.22. The lowest BCUT2D eigenvalue weighted by molar-refractivity contribution is 0.0953. The van der Waals surface area contributed by atoms with Gasteiger partial charge in [-0.2, -0.15) is 0 Å². The minimum absolute atomic E-state index is 0. The molecule has 5 nitrogen and oxygen atoms in total. The van der Waals surface area contributed by atoms with Crippen molar-refractivity contribution in [1.82, 2.24) is 16.0 Å². The van der Waals surface area contributed by atoms with Crippen molar-refractivity contribution in [2.45, 2.75) is 13.0 Å². The second-order valence-corrected chi connectivity index (χ2v) is 5.83. The molecular weight excluding hydrogens is 463 g/mol. The second-order valence-electron chi connectivity index (χ2n) is 5.42. The van der Waals surface area contributed by atoms with Gasteiger partial charge in [0.2, 0.25) is 0 Å². The fourth-order valence-corrected chi connectivity index (χ4v) is 2.43. The Morgan fingerprint density at radius 1 is 0.962 bits per heavy atom. The van der Waals surface area contributed by atoms with Gasteiger partial charge in [0.1, 0.15) is 0 Å². The summed E-state index contributed by atoms with van der Waals surface area (Å²) in [6, 6.07) is 16.9. The number of hydrogen-bond acceptors (Lipinski definition) is 2. The van der Waals surface area contributed by atoms with E-state index in [1.807, 2.05) is 42.5 Å². The maximum Gasteiger partial charge on any atom is 0.251 e. The quantitative estimate of drug-likeness (QED) is 0.243. The Balaban J connectivity index is 0.00000338. The summed E-state index contributed by atoms with van der Waals surface area (Å²) in [4.78, 5) is 16.1. The molecule has 0 radical (unpaired) electrons. The van der Waals surface area contributed by atoms with E-state index in [1.54, 1.807) is 19.2 Å². The Morgan fingerprint density at radius 2 is 1.62 bits per heavy atom. The van der Waals surface area contributed by atoms with E-state index in [0.717, 1.165) is 17.0 Å². The van der Waals surface area contributed by atoms with Crippen molar-refractivity contribution in [3.63, 3.8) is 0 Å². The molecule has 0 spiro atoms. The van der Waals surface area contributed by atoms with Gasteiger partial charge in [0.25, 0.3) is 5.91 Å². The van der Waals surface area contributed by atoms with Crippen molar-refractivity contribution < 1.29 is 4.79 Å². The normalized spacial score (nSPS) is 10.6. The Morgan fingerprint density at radius 3 is 2.31 bits per heavy atom. The number of hydrogen-bond donors (Lipinski definition) is 3. The molecule has 1 amide bonds. The molecule has 0 aliphatic carbocycles. The van der Waals surface area contributed by atoms with Gasteiger partial charge in [0.15, 0.2) is 5.96 Å². The van der Waals surface area contributed by atoms with Crippen molar-refractivity contribution in [3.8, 4) is 0 Å². The average molecular weight is 487 g/mol. The van der Waals surface area contributed by atoms with E-state index in [4.69, 9.17) is 11.6 Å². The van der Waals surface area contributed by atoms with Crippen molar-refractivity contribution in [2.24, 2.45) is 4.99 Å². The Bertz CT molecular complexity index is 710. The summed E-state index contributed by atoms with van der Waals surface area (Å²) in [6.45, 7) is 1.91. The molecule has 2 aromatic rings. The molecule has 7 heteroatoms. The first-order chi connectivity index (χ1) is 12.2. The van der Waals surface area contributed by atoms with Gasteiger partial charge in [0.05, 0.1) is 0 Å². The molecule has 0 unspecified atom stereocenters. The molecule has 2 rings (SSSR count). The summed E-state index contributed by atoms with van der Waals surface area (Å²) in [5.74, 6) is 0.649. The molecule has 0 saturated heterocycles. The molecule has 0 saturated carbocycles. The lowest BCUT2D eigenvalue weighted by Crippen LogP contribution is -2.38. The van der Waals surface area contributed by atoms with Crippen LogP contribution < -0.4 is 16.0 Å². The van der Waals surface area contributed by atoms with Crippen LogP contribution in [0.5, 0.6) is 0 Å². The summed E-state index contributed by atoms with van der Waals surface area (Å²) in [6.07, 6.45) is 0.797. The molecule has 0 aromatic heterocycles. The number of aliphatic imine (C=N–C) groups is 1. The summed E-state index contributed by atoms with van der Waals surface area (Å²) in [5, 5.41) is 10.1. The predicted octanol–water partition coefficient (Wildman–Crippen LogP) is 3.44. The van der Waals surface area contributed by atoms with Crippen LogP contribution in [-0.2, 0) is 6.54 Å². The smallest absolute Gasteiger partial charge is 0.251 e. The molecule has 0 heterocycles. The zero-order chi connectivity index (χ0) is 17.9. The van der Waals surface area contributed by atoms with E-state index in [1.165, 1.54) is 0 Å². The standard InChI is InChI=1S/C19H23ClN4O.HI/c1-21-19(24-14-16-10-5-6-11-17(16)20)23-13-7-12-22-18(25)15-8-3-2-4-9-15;/h2-6,8-11H,7,12-14H2,1H3,(H,22,25)(H2,21,23,24);1H. The molecule has 140 valence electrons. The molecule has 26 heavy (non-hydrogen) atoms. The Hall–Kier alpha value is -1.80. The molecule has 0 fully saturated rings. The number of nitrogens with one attached hydrogen (secondary N) is 3. The van der Waals surface area contributed by atoms with Crippen LogP contribution in [0.25, 0.3) is 0 Å². The number of halogens is 2. The summed E-state index contributed by atoms with van der Waals surface area (Å²) in [7, 11) is 1.72. The first kappa shape index (κ1) is 22.2. The van der Waals surface area contributed by atoms with E-state index in [9.17, 15) is 4.79 Å². The minimum atomic E-state index is -0.0539. The number of nitrogens with zero attached hydrogens (tertiary/aromatic N) is 1. The topological polar surface area (TPSA) is 65.5 Å². The Kier molecular flexibility index (Phi) is 10.7. The molecule has 0 atom stereocenters. The fraction of sp³-hybridized carbons (Fsp3) is 0.263. The zero-order valence-electron chi connectivity index (χ0n) is 14.7. The zero-order valence-corrected chi connectivity index (χ0v) is 17.8. The van der Waals surface area contributed by atoms with Crippen LogP contribution in [0.15, 0.2) is 59.6 Å². The molecule has 0 bridgehead atoms. The SMILES string of the molecule is CN=C(NCCCNC(=O)c1ccccc1)NCc1ccccc1Cl.I. The Labute approximate surface area is 176 Å². The number of carbonyl (C=O) groups excluding carboxylic acids is 1. The molecule has 0 aliphatic heterocycles. The number of rotatable bonds is 7. The third-order valence-corrected chi connectivity index (χ3v) is 3.96. The van der Waals surface area contributed by atoms with Gasteiger partial charge in [0, 0.05) is 37.3 Å². The van der Waals surface area contributed by atoms with Crippen LogP contribution in [-0.4, -0.2) is 32.0 Å². The minimum Gasteiger partial charge on any atom is -0.356 e. The van der Waals surface area contributed by atoms with Gasteiger partial charge in [-0.3, -0.25) is 9.79 Å². The van der Waals surface area contributed by atoms with E-state index >= 15 is 0 Å². The van der Waals surface area contributed by atoms with Gasteiger partial charge in [-0.1, -0.05) is 48.0 Å². The summed E-state index contributed by atoms with van der Waals surface area (Å²) < 4.78 is 0. The van der Waals surface area contributed by atoms with Crippen LogP contribution in [0.4, 0.5) is 0 Å². The third kappa shape index (κ3) is 7.61.